The van der Waals surface area contributed by atoms with E-state index in [0.717, 1.165) is 12.0 Å². The summed E-state index contributed by atoms with van der Waals surface area (Å²) in [6.07, 6.45) is 7.60. The number of carbonyl (C=O) groups is 2. The zero-order valence-corrected chi connectivity index (χ0v) is 18.0. The molecule has 0 bridgehead atoms. The number of benzene rings is 2. The van der Waals surface area contributed by atoms with E-state index < -0.39 is 11.8 Å². The third-order valence-electron chi connectivity index (χ3n) is 4.28. The number of aryl methyl sites for hydroxylation is 1. The van der Waals surface area contributed by atoms with Gasteiger partial charge in [0.25, 0.3) is 11.8 Å². The second-order valence-corrected chi connectivity index (χ2v) is 7.40. The molecule has 0 saturated carbocycles. The third kappa shape index (κ3) is 4.56. The van der Waals surface area contributed by atoms with Crippen LogP contribution in [-0.2, 0) is 16.0 Å². The van der Waals surface area contributed by atoms with Gasteiger partial charge in [-0.2, -0.15) is 0 Å². The normalized spacial score (nSPS) is 15.3. The van der Waals surface area contributed by atoms with E-state index in [1.54, 1.807) is 18.2 Å². The van der Waals surface area contributed by atoms with Gasteiger partial charge in [0.1, 0.15) is 17.9 Å². The first kappa shape index (κ1) is 20.8. The lowest BCUT2D eigenvalue weighted by Gasteiger charge is -2.29. The monoisotopic (exact) mass is 468 g/mol. The van der Waals surface area contributed by atoms with Crippen LogP contribution in [0.4, 0.5) is 5.69 Å². The fraction of sp³-hybridized carbons (Fsp3) is 0.136. The molecular weight excluding hydrogens is 452 g/mol. The van der Waals surface area contributed by atoms with Crippen molar-refractivity contribution in [3.05, 3.63) is 63.6 Å². The van der Waals surface area contributed by atoms with Crippen molar-refractivity contribution in [3.8, 4) is 18.1 Å². The van der Waals surface area contributed by atoms with Crippen LogP contribution in [0.1, 0.15) is 18.1 Å². The number of amides is 2. The van der Waals surface area contributed by atoms with Gasteiger partial charge in [0.2, 0.25) is 0 Å². The zero-order valence-electron chi connectivity index (χ0n) is 15.6. The van der Waals surface area contributed by atoms with Crippen molar-refractivity contribution < 1.29 is 14.3 Å². The van der Waals surface area contributed by atoms with E-state index in [0.29, 0.717) is 21.5 Å². The Morgan fingerprint density at radius 1 is 1.24 bits per heavy atom. The zero-order chi connectivity index (χ0) is 21.0. The predicted octanol–water partition coefficient (Wildman–Crippen LogP) is 3.85. The van der Waals surface area contributed by atoms with Crippen molar-refractivity contribution in [2.45, 2.75) is 13.3 Å². The number of terminal acetylenes is 1. The molecule has 1 aliphatic heterocycles. The minimum absolute atomic E-state index is 0.0117. The van der Waals surface area contributed by atoms with Gasteiger partial charge in [-0.3, -0.25) is 19.8 Å². The summed E-state index contributed by atoms with van der Waals surface area (Å²) in [6.45, 7) is 2.19. The first-order chi connectivity index (χ1) is 13.9. The first-order valence-corrected chi connectivity index (χ1v) is 10.0. The van der Waals surface area contributed by atoms with Gasteiger partial charge in [-0.15, -0.1) is 6.42 Å². The number of ether oxygens (including phenoxy) is 1. The molecule has 0 spiro atoms. The Kier molecular flexibility index (Phi) is 6.47. The number of hydrogen-bond donors (Lipinski definition) is 1. The quantitative estimate of drug-likeness (QED) is 0.313. The van der Waals surface area contributed by atoms with Gasteiger partial charge >= 0.3 is 0 Å². The molecule has 0 unspecified atom stereocenters. The third-order valence-corrected chi connectivity index (χ3v) is 5.19. The average molecular weight is 469 g/mol. The van der Waals surface area contributed by atoms with Gasteiger partial charge in [0.15, 0.2) is 5.11 Å². The fourth-order valence-corrected chi connectivity index (χ4v) is 3.57. The molecule has 7 heteroatoms. The lowest BCUT2D eigenvalue weighted by molar-refractivity contribution is -0.122. The van der Waals surface area contributed by atoms with Crippen molar-refractivity contribution in [3.63, 3.8) is 0 Å². The molecule has 1 fully saturated rings. The number of nitrogens with zero attached hydrogens (tertiary/aromatic N) is 1. The maximum atomic E-state index is 13.0. The summed E-state index contributed by atoms with van der Waals surface area (Å²) in [6, 6.07) is 12.7. The predicted molar refractivity (Wildman–Crippen MR) is 120 cm³/mol. The molecule has 1 heterocycles. The standard InChI is InChI=1S/C22H17BrN2O3S/c1-3-11-28-19-10-7-15(13-18(19)23)12-17-20(26)24-22(29)25(21(17)27)16-8-5-14(4-2)6-9-16/h1,5-10,12-13H,4,11H2,2H3,(H,24,26,29)/b17-12+. The molecule has 2 aromatic carbocycles. The molecule has 1 aliphatic rings. The SMILES string of the molecule is C#CCOc1ccc(/C=C2\C(=O)NC(=S)N(c3ccc(CC)cc3)C2=O)cc1Br. The van der Waals surface area contributed by atoms with E-state index in [2.05, 4.69) is 27.2 Å². The molecule has 1 N–H and O–H groups in total. The van der Waals surface area contributed by atoms with Crippen LogP contribution in [0, 0.1) is 12.3 Å². The highest BCUT2D eigenvalue weighted by atomic mass is 79.9. The molecule has 2 amide bonds. The topological polar surface area (TPSA) is 58.6 Å². The Hall–Kier alpha value is -2.95. The van der Waals surface area contributed by atoms with Crippen molar-refractivity contribution in [2.75, 3.05) is 11.5 Å². The smallest absolute Gasteiger partial charge is 0.270 e. The molecule has 0 aromatic heterocycles. The fourth-order valence-electron chi connectivity index (χ4n) is 2.78. The maximum absolute atomic E-state index is 13.0. The number of thiocarbonyl (C=S) groups is 1. The van der Waals surface area contributed by atoms with Crippen LogP contribution in [0.2, 0.25) is 0 Å². The summed E-state index contributed by atoms with van der Waals surface area (Å²) in [7, 11) is 0. The van der Waals surface area contributed by atoms with Crippen molar-refractivity contribution in [1.29, 1.82) is 0 Å². The number of anilines is 1. The van der Waals surface area contributed by atoms with Crippen molar-refractivity contribution >= 4 is 56.8 Å². The molecule has 2 aromatic rings. The van der Waals surface area contributed by atoms with Crippen LogP contribution in [-0.4, -0.2) is 23.5 Å². The minimum atomic E-state index is -0.537. The number of nitrogens with one attached hydrogen (secondary N) is 1. The highest BCUT2D eigenvalue weighted by Crippen LogP contribution is 2.28. The molecular formula is C22H17BrN2O3S. The first-order valence-electron chi connectivity index (χ1n) is 8.80. The lowest BCUT2D eigenvalue weighted by Crippen LogP contribution is -2.54. The van der Waals surface area contributed by atoms with Gasteiger partial charge in [-0.1, -0.05) is 31.0 Å². The Labute approximate surface area is 182 Å². The maximum Gasteiger partial charge on any atom is 0.270 e. The largest absolute Gasteiger partial charge is 0.480 e. The van der Waals surface area contributed by atoms with Crippen LogP contribution in [0.5, 0.6) is 5.75 Å². The molecule has 3 rings (SSSR count). The Morgan fingerprint density at radius 3 is 2.59 bits per heavy atom. The van der Waals surface area contributed by atoms with E-state index in [1.165, 1.54) is 11.0 Å². The van der Waals surface area contributed by atoms with Crippen LogP contribution < -0.4 is 15.0 Å². The van der Waals surface area contributed by atoms with Gasteiger partial charge in [-0.05, 0) is 76.0 Å². The summed E-state index contributed by atoms with van der Waals surface area (Å²) in [5.41, 5.74) is 2.38. The second kappa shape index (κ2) is 9.03. The lowest BCUT2D eigenvalue weighted by atomic mass is 10.1. The van der Waals surface area contributed by atoms with Crippen LogP contribution in [0.25, 0.3) is 6.08 Å². The highest BCUT2D eigenvalue weighted by Gasteiger charge is 2.34. The van der Waals surface area contributed by atoms with Crippen LogP contribution in [0.15, 0.2) is 52.5 Å². The van der Waals surface area contributed by atoms with E-state index >= 15 is 0 Å². The number of rotatable bonds is 5. The van der Waals surface area contributed by atoms with Gasteiger partial charge in [0.05, 0.1) is 10.2 Å². The highest BCUT2D eigenvalue weighted by molar-refractivity contribution is 9.10. The average Bonchev–Trinajstić information content (AvgIpc) is 2.71. The Morgan fingerprint density at radius 2 is 1.97 bits per heavy atom. The van der Waals surface area contributed by atoms with E-state index in [9.17, 15) is 9.59 Å². The summed E-state index contributed by atoms with van der Waals surface area (Å²) in [4.78, 5) is 26.8. The number of halogens is 1. The van der Waals surface area contributed by atoms with Crippen LogP contribution in [0.3, 0.4) is 0 Å². The van der Waals surface area contributed by atoms with Gasteiger partial charge in [-0.25, -0.2) is 0 Å². The van der Waals surface area contributed by atoms with Gasteiger partial charge in [0, 0.05) is 0 Å². The Balaban J connectivity index is 1.92. The van der Waals surface area contributed by atoms with Crippen molar-refractivity contribution in [1.82, 2.24) is 5.32 Å². The van der Waals surface area contributed by atoms with E-state index in [-0.39, 0.29) is 17.3 Å². The van der Waals surface area contributed by atoms with Crippen LogP contribution >= 0.6 is 28.1 Å². The summed E-state index contributed by atoms with van der Waals surface area (Å²) in [5, 5.41) is 2.64. The summed E-state index contributed by atoms with van der Waals surface area (Å²) < 4.78 is 6.07. The molecule has 5 nitrogen and oxygen atoms in total. The molecule has 146 valence electrons. The number of hydrogen-bond acceptors (Lipinski definition) is 4. The van der Waals surface area contributed by atoms with E-state index in [1.807, 2.05) is 31.2 Å². The summed E-state index contributed by atoms with van der Waals surface area (Å²) >= 11 is 8.63. The number of carbonyl (C=O) groups excluding carboxylic acids is 2. The molecule has 0 aliphatic carbocycles. The molecule has 0 atom stereocenters. The van der Waals surface area contributed by atoms with Crippen molar-refractivity contribution in [2.24, 2.45) is 0 Å². The molecule has 1 saturated heterocycles. The van der Waals surface area contributed by atoms with E-state index in [4.69, 9.17) is 23.4 Å². The Bertz CT molecular complexity index is 1050. The molecule has 29 heavy (non-hydrogen) atoms. The summed E-state index contributed by atoms with van der Waals surface area (Å²) in [5.74, 6) is 1.95. The second-order valence-electron chi connectivity index (χ2n) is 6.16. The van der Waals surface area contributed by atoms with Gasteiger partial charge < -0.3 is 4.74 Å². The minimum Gasteiger partial charge on any atom is -0.480 e. The molecule has 0 radical (unpaired) electrons.